The van der Waals surface area contributed by atoms with Crippen LogP contribution in [-0.2, 0) is 0 Å². The van der Waals surface area contributed by atoms with Crippen molar-refractivity contribution in [2.45, 2.75) is 13.8 Å². The second kappa shape index (κ2) is 6.63. The van der Waals surface area contributed by atoms with Gasteiger partial charge >= 0.3 is 0 Å². The Labute approximate surface area is 160 Å². The van der Waals surface area contributed by atoms with Gasteiger partial charge in [0.15, 0.2) is 0 Å². The number of hydrogen-bond donors (Lipinski definition) is 2. The van der Waals surface area contributed by atoms with Gasteiger partial charge in [-0.15, -0.1) is 11.3 Å². The van der Waals surface area contributed by atoms with Crippen molar-refractivity contribution in [2.75, 3.05) is 11.4 Å². The van der Waals surface area contributed by atoms with Crippen molar-refractivity contribution >= 4 is 28.4 Å². The number of benzene rings is 2. The molecule has 0 unspecified atom stereocenters. The standard InChI is InChI=1S/C21H18FN3OS/c1-12-3-8-16(9-13(12)2)25-10-18(26)19(20(25)23)21-24-17(11-27-21)14-4-6-15(22)7-5-14/h3-9,11,23,26H,10H2,1-2H3. The topological polar surface area (TPSA) is 60.2 Å². The van der Waals surface area contributed by atoms with Crippen LogP contribution in [0.4, 0.5) is 10.1 Å². The summed E-state index contributed by atoms with van der Waals surface area (Å²) in [6.07, 6.45) is 0. The molecule has 136 valence electrons. The van der Waals surface area contributed by atoms with Crippen LogP contribution in [-0.4, -0.2) is 22.5 Å². The molecule has 27 heavy (non-hydrogen) atoms. The minimum absolute atomic E-state index is 0.137. The lowest BCUT2D eigenvalue weighted by Gasteiger charge is -2.19. The Morgan fingerprint density at radius 1 is 1.11 bits per heavy atom. The van der Waals surface area contributed by atoms with Crippen LogP contribution in [0.15, 0.2) is 53.6 Å². The van der Waals surface area contributed by atoms with Crippen molar-refractivity contribution in [2.24, 2.45) is 0 Å². The number of amidine groups is 1. The maximum Gasteiger partial charge on any atom is 0.139 e. The number of anilines is 1. The average Bonchev–Trinajstić information content (AvgIpc) is 3.22. The van der Waals surface area contributed by atoms with Crippen molar-refractivity contribution in [3.8, 4) is 11.3 Å². The summed E-state index contributed by atoms with van der Waals surface area (Å²) in [6.45, 7) is 4.33. The van der Waals surface area contributed by atoms with E-state index in [1.165, 1.54) is 29.0 Å². The molecule has 6 heteroatoms. The molecule has 0 saturated carbocycles. The second-order valence-electron chi connectivity index (χ2n) is 6.57. The Bertz CT molecular complexity index is 1070. The van der Waals surface area contributed by atoms with Gasteiger partial charge in [-0.1, -0.05) is 6.07 Å². The molecule has 3 aromatic rings. The molecule has 0 radical (unpaired) electrons. The van der Waals surface area contributed by atoms with Crippen LogP contribution in [0.1, 0.15) is 16.1 Å². The van der Waals surface area contributed by atoms with E-state index in [1.807, 2.05) is 37.4 Å². The van der Waals surface area contributed by atoms with Crippen LogP contribution in [0.5, 0.6) is 0 Å². The summed E-state index contributed by atoms with van der Waals surface area (Å²) in [5.41, 5.74) is 5.15. The van der Waals surface area contributed by atoms with E-state index in [1.54, 1.807) is 17.0 Å². The zero-order chi connectivity index (χ0) is 19.1. The van der Waals surface area contributed by atoms with E-state index in [0.29, 0.717) is 16.3 Å². The number of rotatable bonds is 3. The van der Waals surface area contributed by atoms with Gasteiger partial charge in [-0.25, -0.2) is 9.37 Å². The van der Waals surface area contributed by atoms with Crippen molar-refractivity contribution < 1.29 is 9.50 Å². The number of aliphatic hydroxyl groups excluding tert-OH is 1. The Balaban J connectivity index is 1.64. The van der Waals surface area contributed by atoms with E-state index in [9.17, 15) is 9.50 Å². The molecule has 0 amide bonds. The SMILES string of the molecule is Cc1ccc(N2CC(O)=C(c3nc(-c4ccc(F)cc4)cs3)C2=N)cc1C. The van der Waals surface area contributed by atoms with Gasteiger partial charge in [0.2, 0.25) is 0 Å². The van der Waals surface area contributed by atoms with Gasteiger partial charge in [-0.05, 0) is 61.4 Å². The van der Waals surface area contributed by atoms with Gasteiger partial charge in [0, 0.05) is 16.6 Å². The Kier molecular flexibility index (Phi) is 4.28. The number of thiazole rings is 1. The van der Waals surface area contributed by atoms with Crippen molar-refractivity contribution in [3.05, 3.63) is 75.6 Å². The average molecular weight is 379 g/mol. The summed E-state index contributed by atoms with van der Waals surface area (Å²) in [6, 6.07) is 12.1. The zero-order valence-corrected chi connectivity index (χ0v) is 15.8. The molecular weight excluding hydrogens is 361 g/mol. The number of aryl methyl sites for hydroxylation is 2. The smallest absolute Gasteiger partial charge is 0.139 e. The summed E-state index contributed by atoms with van der Waals surface area (Å²) in [5, 5.41) is 21.5. The molecule has 1 aliphatic rings. The second-order valence-corrected chi connectivity index (χ2v) is 7.43. The largest absolute Gasteiger partial charge is 0.510 e. The van der Waals surface area contributed by atoms with Crippen molar-refractivity contribution in [1.29, 1.82) is 5.41 Å². The molecular formula is C21H18FN3OS. The fraction of sp³-hybridized carbons (Fsp3) is 0.143. The third-order valence-electron chi connectivity index (χ3n) is 4.76. The van der Waals surface area contributed by atoms with Crippen LogP contribution in [0.25, 0.3) is 16.8 Å². The molecule has 0 atom stereocenters. The summed E-state index contributed by atoms with van der Waals surface area (Å²) < 4.78 is 13.1. The van der Waals surface area contributed by atoms with Gasteiger partial charge in [-0.3, -0.25) is 5.41 Å². The fourth-order valence-corrected chi connectivity index (χ4v) is 3.96. The molecule has 0 bridgehead atoms. The summed E-state index contributed by atoms with van der Waals surface area (Å²) in [5.74, 6) is 0.0742. The van der Waals surface area contributed by atoms with Gasteiger partial charge in [0.1, 0.15) is 22.4 Å². The molecule has 0 saturated heterocycles. The number of hydrogen-bond acceptors (Lipinski definition) is 4. The highest BCUT2D eigenvalue weighted by atomic mass is 32.1. The highest BCUT2D eigenvalue weighted by Crippen LogP contribution is 2.34. The summed E-state index contributed by atoms with van der Waals surface area (Å²) in [4.78, 5) is 6.34. The minimum atomic E-state index is -0.295. The number of nitrogens with zero attached hydrogens (tertiary/aromatic N) is 2. The first-order valence-electron chi connectivity index (χ1n) is 8.51. The number of nitrogens with one attached hydrogen (secondary N) is 1. The normalized spacial score (nSPS) is 14.3. The first-order valence-corrected chi connectivity index (χ1v) is 9.39. The lowest BCUT2D eigenvalue weighted by Crippen LogP contribution is -2.26. The molecule has 1 aliphatic heterocycles. The lowest BCUT2D eigenvalue weighted by atomic mass is 10.1. The maximum atomic E-state index is 13.1. The predicted octanol–water partition coefficient (Wildman–Crippen LogP) is 5.33. The van der Waals surface area contributed by atoms with Crippen LogP contribution >= 0.6 is 11.3 Å². The van der Waals surface area contributed by atoms with Crippen LogP contribution in [0, 0.1) is 25.1 Å². The maximum absolute atomic E-state index is 13.1. The zero-order valence-electron chi connectivity index (χ0n) is 15.0. The number of aliphatic hydroxyl groups is 1. The Hall–Kier alpha value is -2.99. The molecule has 2 N–H and O–H groups in total. The summed E-state index contributed by atoms with van der Waals surface area (Å²) >= 11 is 1.37. The van der Waals surface area contributed by atoms with Crippen LogP contribution in [0.3, 0.4) is 0 Å². The van der Waals surface area contributed by atoms with Gasteiger partial charge in [-0.2, -0.15) is 0 Å². The predicted molar refractivity (Wildman–Crippen MR) is 108 cm³/mol. The van der Waals surface area contributed by atoms with Gasteiger partial charge in [0.05, 0.1) is 17.8 Å². The van der Waals surface area contributed by atoms with Gasteiger partial charge < -0.3 is 10.0 Å². The van der Waals surface area contributed by atoms with E-state index in [0.717, 1.165) is 16.8 Å². The molecule has 0 aliphatic carbocycles. The van der Waals surface area contributed by atoms with E-state index < -0.39 is 0 Å². The molecule has 2 aromatic carbocycles. The highest BCUT2D eigenvalue weighted by molar-refractivity contribution is 7.11. The van der Waals surface area contributed by atoms with Crippen molar-refractivity contribution in [3.63, 3.8) is 0 Å². The molecule has 0 spiro atoms. The van der Waals surface area contributed by atoms with E-state index >= 15 is 0 Å². The van der Waals surface area contributed by atoms with Gasteiger partial charge in [0.25, 0.3) is 0 Å². The quantitative estimate of drug-likeness (QED) is 0.646. The van der Waals surface area contributed by atoms with E-state index in [4.69, 9.17) is 5.41 Å². The monoisotopic (exact) mass is 379 g/mol. The van der Waals surface area contributed by atoms with E-state index in [2.05, 4.69) is 4.98 Å². The minimum Gasteiger partial charge on any atom is -0.510 e. The number of halogens is 1. The third kappa shape index (κ3) is 3.13. The lowest BCUT2D eigenvalue weighted by molar-refractivity contribution is 0.411. The van der Waals surface area contributed by atoms with Crippen LogP contribution in [0.2, 0.25) is 0 Å². The van der Waals surface area contributed by atoms with Crippen molar-refractivity contribution in [1.82, 2.24) is 4.98 Å². The molecule has 2 heterocycles. The molecule has 4 nitrogen and oxygen atoms in total. The first kappa shape index (κ1) is 17.4. The Morgan fingerprint density at radius 2 is 1.85 bits per heavy atom. The fourth-order valence-electron chi connectivity index (χ4n) is 3.06. The third-order valence-corrected chi connectivity index (χ3v) is 5.62. The Morgan fingerprint density at radius 3 is 2.56 bits per heavy atom. The molecule has 0 fully saturated rings. The number of aromatic nitrogens is 1. The first-order chi connectivity index (χ1) is 12.9. The molecule has 1 aromatic heterocycles. The summed E-state index contributed by atoms with van der Waals surface area (Å²) in [7, 11) is 0. The van der Waals surface area contributed by atoms with Crippen LogP contribution < -0.4 is 4.90 Å². The van der Waals surface area contributed by atoms with E-state index in [-0.39, 0.29) is 24.0 Å². The highest BCUT2D eigenvalue weighted by Gasteiger charge is 2.31. The molecule has 4 rings (SSSR count).